The highest BCUT2D eigenvalue weighted by Gasteiger charge is 2.41. The minimum atomic E-state index is -0.950. The number of alkyl halides is 1. The highest BCUT2D eigenvalue weighted by Crippen LogP contribution is 2.42. The van der Waals surface area contributed by atoms with Crippen LogP contribution in [0.2, 0.25) is 0 Å². The van der Waals surface area contributed by atoms with Crippen molar-refractivity contribution in [1.82, 2.24) is 0 Å². The molecule has 1 aliphatic rings. The summed E-state index contributed by atoms with van der Waals surface area (Å²) in [6.07, 6.45) is 1.66. The minimum Gasteiger partial charge on any atom is -0.396 e. The second kappa shape index (κ2) is 1.44. The van der Waals surface area contributed by atoms with E-state index in [2.05, 4.69) is 0 Å². The van der Waals surface area contributed by atoms with Gasteiger partial charge in [0.25, 0.3) is 0 Å². The topological polar surface area (TPSA) is 20.2 Å². The molecule has 1 aliphatic carbocycles. The van der Waals surface area contributed by atoms with Gasteiger partial charge in [-0.15, -0.1) is 0 Å². The third kappa shape index (κ3) is 1.13. The van der Waals surface area contributed by atoms with E-state index in [1.54, 1.807) is 0 Å². The SMILES string of the molecule is OCCC1(F)CC1. The van der Waals surface area contributed by atoms with Crippen LogP contribution in [0.4, 0.5) is 4.39 Å². The molecule has 2 heteroatoms. The highest BCUT2D eigenvalue weighted by atomic mass is 19.1. The zero-order chi connectivity index (χ0) is 5.33. The van der Waals surface area contributed by atoms with Gasteiger partial charge in [0.1, 0.15) is 5.67 Å². The Morgan fingerprint density at radius 3 is 2.29 bits per heavy atom. The maximum atomic E-state index is 12.3. The summed E-state index contributed by atoms with van der Waals surface area (Å²) in [6.45, 7) is -0.00347. The van der Waals surface area contributed by atoms with E-state index in [9.17, 15) is 4.39 Å². The molecule has 0 aromatic heterocycles. The van der Waals surface area contributed by atoms with E-state index in [1.807, 2.05) is 0 Å². The predicted octanol–water partition coefficient (Wildman–Crippen LogP) is 0.871. The van der Waals surface area contributed by atoms with Gasteiger partial charge < -0.3 is 5.11 Å². The van der Waals surface area contributed by atoms with E-state index in [0.29, 0.717) is 19.3 Å². The number of rotatable bonds is 2. The van der Waals surface area contributed by atoms with Crippen LogP contribution in [0.25, 0.3) is 0 Å². The van der Waals surface area contributed by atoms with Crippen molar-refractivity contribution in [3.05, 3.63) is 0 Å². The standard InChI is InChI=1S/C5H9FO/c6-5(1-2-5)3-4-7/h7H,1-4H2. The molecule has 0 unspecified atom stereocenters. The van der Waals surface area contributed by atoms with Gasteiger partial charge in [0.05, 0.1) is 0 Å². The van der Waals surface area contributed by atoms with Gasteiger partial charge in [0, 0.05) is 13.0 Å². The number of hydrogen-bond donors (Lipinski definition) is 1. The van der Waals surface area contributed by atoms with Gasteiger partial charge in [-0.2, -0.15) is 0 Å². The molecule has 0 bridgehead atoms. The smallest absolute Gasteiger partial charge is 0.113 e. The van der Waals surface area contributed by atoms with E-state index in [-0.39, 0.29) is 6.61 Å². The van der Waals surface area contributed by atoms with E-state index in [0.717, 1.165) is 0 Å². The van der Waals surface area contributed by atoms with Crippen molar-refractivity contribution in [1.29, 1.82) is 0 Å². The Labute approximate surface area is 42.2 Å². The van der Waals surface area contributed by atoms with Gasteiger partial charge in [-0.25, -0.2) is 4.39 Å². The second-order valence-corrected chi connectivity index (χ2v) is 2.12. The van der Waals surface area contributed by atoms with E-state index in [1.165, 1.54) is 0 Å². The quantitative estimate of drug-likeness (QED) is 0.551. The van der Waals surface area contributed by atoms with Crippen LogP contribution in [-0.2, 0) is 0 Å². The van der Waals surface area contributed by atoms with Crippen molar-refractivity contribution in [2.24, 2.45) is 0 Å². The average Bonchev–Trinajstić information content (AvgIpc) is 2.22. The molecule has 1 rings (SSSR count). The molecule has 1 fully saturated rings. The second-order valence-electron chi connectivity index (χ2n) is 2.12. The summed E-state index contributed by atoms with van der Waals surface area (Å²) in [5, 5.41) is 8.20. The highest BCUT2D eigenvalue weighted by molar-refractivity contribution is 4.93. The Morgan fingerprint density at radius 2 is 2.14 bits per heavy atom. The summed E-state index contributed by atoms with van der Waals surface area (Å²) in [6, 6.07) is 0. The first kappa shape index (κ1) is 5.04. The largest absolute Gasteiger partial charge is 0.396 e. The van der Waals surface area contributed by atoms with Gasteiger partial charge >= 0.3 is 0 Å². The van der Waals surface area contributed by atoms with Crippen LogP contribution >= 0.6 is 0 Å². The van der Waals surface area contributed by atoms with Crippen LogP contribution in [-0.4, -0.2) is 17.4 Å². The maximum absolute atomic E-state index is 12.3. The molecule has 0 atom stereocenters. The monoisotopic (exact) mass is 104 g/mol. The van der Waals surface area contributed by atoms with Crippen LogP contribution in [0.5, 0.6) is 0 Å². The number of halogens is 1. The van der Waals surface area contributed by atoms with Gasteiger partial charge in [0.15, 0.2) is 0 Å². The summed E-state index contributed by atoms with van der Waals surface area (Å²) >= 11 is 0. The third-order valence-electron chi connectivity index (χ3n) is 1.35. The normalized spacial score (nSPS) is 24.9. The lowest BCUT2D eigenvalue weighted by Gasteiger charge is -1.96. The third-order valence-corrected chi connectivity index (χ3v) is 1.35. The Bertz CT molecular complexity index is 68.5. The first-order chi connectivity index (χ1) is 3.27. The van der Waals surface area contributed by atoms with Crippen LogP contribution in [0.1, 0.15) is 19.3 Å². The van der Waals surface area contributed by atoms with Crippen molar-refractivity contribution < 1.29 is 9.50 Å². The Kier molecular flexibility index (Phi) is 1.04. The molecule has 0 radical (unpaired) electrons. The van der Waals surface area contributed by atoms with Gasteiger partial charge in [-0.3, -0.25) is 0 Å². The molecule has 0 amide bonds. The maximum Gasteiger partial charge on any atom is 0.113 e. The Hall–Kier alpha value is -0.110. The first-order valence-corrected chi connectivity index (χ1v) is 2.57. The van der Waals surface area contributed by atoms with Crippen molar-refractivity contribution in [2.75, 3.05) is 6.61 Å². The fourth-order valence-corrected chi connectivity index (χ4v) is 0.586. The summed E-state index contributed by atoms with van der Waals surface area (Å²) in [5.74, 6) is 0. The minimum absolute atomic E-state index is 0.00347. The lowest BCUT2D eigenvalue weighted by molar-refractivity contribution is 0.206. The number of aliphatic hydroxyl groups excluding tert-OH is 1. The van der Waals surface area contributed by atoms with Gasteiger partial charge in [-0.1, -0.05) is 0 Å². The number of aliphatic hydroxyl groups is 1. The van der Waals surface area contributed by atoms with Crippen molar-refractivity contribution in [2.45, 2.75) is 24.9 Å². The lowest BCUT2D eigenvalue weighted by Crippen LogP contribution is -2.00. The van der Waals surface area contributed by atoms with E-state index in [4.69, 9.17) is 5.11 Å². The van der Waals surface area contributed by atoms with Crippen LogP contribution in [0.15, 0.2) is 0 Å². The first-order valence-electron chi connectivity index (χ1n) is 2.57. The molecule has 0 aliphatic heterocycles. The zero-order valence-electron chi connectivity index (χ0n) is 4.15. The summed E-state index contributed by atoms with van der Waals surface area (Å²) in [4.78, 5) is 0. The molecule has 0 spiro atoms. The molecule has 0 aromatic rings. The fourth-order valence-electron chi connectivity index (χ4n) is 0.586. The Morgan fingerprint density at radius 1 is 1.57 bits per heavy atom. The molecule has 7 heavy (non-hydrogen) atoms. The summed E-state index contributed by atoms with van der Waals surface area (Å²) in [5.41, 5.74) is -0.950. The fraction of sp³-hybridized carbons (Fsp3) is 1.00. The molecule has 0 heterocycles. The molecular formula is C5H9FO. The van der Waals surface area contributed by atoms with Crippen LogP contribution in [0, 0.1) is 0 Å². The van der Waals surface area contributed by atoms with Crippen LogP contribution < -0.4 is 0 Å². The lowest BCUT2D eigenvalue weighted by atomic mass is 10.3. The molecule has 1 N–H and O–H groups in total. The molecule has 1 saturated carbocycles. The van der Waals surface area contributed by atoms with Crippen molar-refractivity contribution in [3.8, 4) is 0 Å². The van der Waals surface area contributed by atoms with Crippen molar-refractivity contribution in [3.63, 3.8) is 0 Å². The summed E-state index contributed by atoms with van der Waals surface area (Å²) < 4.78 is 12.3. The molecule has 0 aromatic carbocycles. The average molecular weight is 104 g/mol. The number of hydrogen-bond acceptors (Lipinski definition) is 1. The van der Waals surface area contributed by atoms with Crippen LogP contribution in [0.3, 0.4) is 0 Å². The van der Waals surface area contributed by atoms with Gasteiger partial charge in [0.2, 0.25) is 0 Å². The predicted molar refractivity (Wildman–Crippen MR) is 24.8 cm³/mol. The van der Waals surface area contributed by atoms with Gasteiger partial charge in [-0.05, 0) is 12.8 Å². The van der Waals surface area contributed by atoms with E-state index < -0.39 is 5.67 Å². The molecule has 1 nitrogen and oxygen atoms in total. The summed E-state index contributed by atoms with van der Waals surface area (Å²) in [7, 11) is 0. The Balaban J connectivity index is 2.13. The molecule has 0 saturated heterocycles. The molecular weight excluding hydrogens is 95.1 g/mol. The molecule has 42 valence electrons. The van der Waals surface area contributed by atoms with Crippen molar-refractivity contribution >= 4 is 0 Å². The zero-order valence-corrected chi connectivity index (χ0v) is 4.15. The van der Waals surface area contributed by atoms with E-state index >= 15 is 0 Å².